The summed E-state index contributed by atoms with van der Waals surface area (Å²) >= 11 is 0. The van der Waals surface area contributed by atoms with Crippen molar-refractivity contribution >= 4 is 5.91 Å². The number of carbonyl (C=O) groups excluding carboxylic acids is 1. The van der Waals surface area contributed by atoms with Gasteiger partial charge >= 0.3 is 0 Å². The Hall–Kier alpha value is -2.07. The third-order valence-electron chi connectivity index (χ3n) is 4.28. The molecule has 1 saturated heterocycles. The first-order valence-corrected chi connectivity index (χ1v) is 7.95. The van der Waals surface area contributed by atoms with E-state index in [9.17, 15) is 4.79 Å². The van der Waals surface area contributed by atoms with E-state index in [4.69, 9.17) is 0 Å². The van der Waals surface area contributed by atoms with Gasteiger partial charge in [-0.2, -0.15) is 0 Å². The lowest BCUT2D eigenvalue weighted by molar-refractivity contribution is 0.0950. The van der Waals surface area contributed by atoms with Crippen LogP contribution in [0.3, 0.4) is 0 Å². The van der Waals surface area contributed by atoms with E-state index in [0.717, 1.165) is 17.8 Å². The smallest absolute Gasteiger partial charge is 0.253 e. The van der Waals surface area contributed by atoms with Crippen molar-refractivity contribution in [2.24, 2.45) is 0 Å². The molecular weight excluding hydrogens is 274 g/mol. The summed E-state index contributed by atoms with van der Waals surface area (Å²) < 4.78 is 0. The normalized spacial score (nSPS) is 15.1. The number of nitrogens with one attached hydrogen (secondary N) is 2. The van der Waals surface area contributed by atoms with Crippen molar-refractivity contribution in [1.29, 1.82) is 0 Å². The summed E-state index contributed by atoms with van der Waals surface area (Å²) in [6.45, 7) is 5.94. The summed E-state index contributed by atoms with van der Waals surface area (Å²) in [7, 11) is 0. The van der Waals surface area contributed by atoms with Crippen LogP contribution in [0.4, 0.5) is 0 Å². The van der Waals surface area contributed by atoms with Crippen LogP contribution < -0.4 is 5.32 Å². The molecule has 3 rings (SSSR count). The number of H-pyrrole nitrogens is 1. The first-order chi connectivity index (χ1) is 10.7. The molecule has 1 aliphatic heterocycles. The van der Waals surface area contributed by atoms with Crippen LogP contribution in [0, 0.1) is 6.92 Å². The molecule has 22 heavy (non-hydrogen) atoms. The van der Waals surface area contributed by atoms with E-state index in [-0.39, 0.29) is 5.91 Å². The van der Waals surface area contributed by atoms with Crippen molar-refractivity contribution in [3.8, 4) is 0 Å². The van der Waals surface area contributed by atoms with Crippen LogP contribution in [-0.2, 0) is 13.1 Å². The molecule has 1 aromatic carbocycles. The van der Waals surface area contributed by atoms with Crippen molar-refractivity contribution in [2.45, 2.75) is 32.9 Å². The van der Waals surface area contributed by atoms with Gasteiger partial charge in [-0.15, -0.1) is 0 Å². The van der Waals surface area contributed by atoms with Crippen molar-refractivity contribution in [2.75, 3.05) is 13.1 Å². The summed E-state index contributed by atoms with van der Waals surface area (Å²) in [5.41, 5.74) is 4.09. The van der Waals surface area contributed by atoms with Gasteiger partial charge in [-0.3, -0.25) is 9.69 Å². The molecule has 2 heterocycles. The number of aromatic nitrogens is 1. The predicted octanol–water partition coefficient (Wildman–Crippen LogP) is 2.85. The molecule has 116 valence electrons. The Morgan fingerprint density at radius 1 is 1.14 bits per heavy atom. The van der Waals surface area contributed by atoms with Gasteiger partial charge in [0.1, 0.15) is 0 Å². The summed E-state index contributed by atoms with van der Waals surface area (Å²) in [5.74, 6) is -0.0279. The second-order valence-electron chi connectivity index (χ2n) is 6.00. The van der Waals surface area contributed by atoms with Crippen LogP contribution in [-0.4, -0.2) is 28.9 Å². The van der Waals surface area contributed by atoms with E-state index >= 15 is 0 Å². The minimum Gasteiger partial charge on any atom is -0.365 e. The number of rotatable bonds is 5. The predicted molar refractivity (Wildman–Crippen MR) is 87.7 cm³/mol. The molecule has 0 aliphatic carbocycles. The Balaban J connectivity index is 1.52. The van der Waals surface area contributed by atoms with Crippen molar-refractivity contribution in [3.63, 3.8) is 0 Å². The first-order valence-electron chi connectivity index (χ1n) is 7.95. The summed E-state index contributed by atoms with van der Waals surface area (Å²) in [6.07, 6.45) is 4.43. The highest BCUT2D eigenvalue weighted by Crippen LogP contribution is 2.13. The molecule has 1 aliphatic rings. The van der Waals surface area contributed by atoms with E-state index in [1.54, 1.807) is 6.20 Å². The largest absolute Gasteiger partial charge is 0.365 e. The van der Waals surface area contributed by atoms with E-state index < -0.39 is 0 Å². The average Bonchev–Trinajstić information content (AvgIpc) is 3.18. The summed E-state index contributed by atoms with van der Waals surface area (Å²) in [4.78, 5) is 17.6. The molecule has 4 heteroatoms. The zero-order chi connectivity index (χ0) is 15.4. The molecule has 0 spiro atoms. The molecule has 1 aromatic heterocycles. The Morgan fingerprint density at radius 3 is 2.45 bits per heavy atom. The molecule has 2 aromatic rings. The highest BCUT2D eigenvalue weighted by Gasteiger charge is 2.12. The Morgan fingerprint density at radius 2 is 1.82 bits per heavy atom. The van der Waals surface area contributed by atoms with Crippen molar-refractivity contribution in [1.82, 2.24) is 15.2 Å². The number of likely N-dealkylation sites (tertiary alicyclic amines) is 1. The van der Waals surface area contributed by atoms with E-state index in [1.165, 1.54) is 31.5 Å². The monoisotopic (exact) mass is 297 g/mol. The third-order valence-corrected chi connectivity index (χ3v) is 4.28. The van der Waals surface area contributed by atoms with Crippen molar-refractivity contribution < 1.29 is 4.79 Å². The lowest BCUT2D eigenvalue weighted by Gasteiger charge is -2.14. The molecule has 0 bridgehead atoms. The van der Waals surface area contributed by atoms with Crippen LogP contribution in [0.2, 0.25) is 0 Å². The Bertz CT molecular complexity index is 624. The van der Waals surface area contributed by atoms with Gasteiger partial charge in [0.25, 0.3) is 5.91 Å². The Kier molecular flexibility index (Phi) is 4.59. The number of hydrogen-bond acceptors (Lipinski definition) is 2. The fourth-order valence-corrected chi connectivity index (χ4v) is 2.94. The van der Waals surface area contributed by atoms with Gasteiger partial charge < -0.3 is 10.3 Å². The van der Waals surface area contributed by atoms with Gasteiger partial charge in [-0.05, 0) is 50.0 Å². The van der Waals surface area contributed by atoms with Crippen LogP contribution >= 0.6 is 0 Å². The molecule has 0 saturated carbocycles. The number of amides is 1. The van der Waals surface area contributed by atoms with Gasteiger partial charge in [0, 0.05) is 25.0 Å². The number of aryl methyl sites for hydroxylation is 1. The summed E-state index contributed by atoms with van der Waals surface area (Å²) in [6, 6.07) is 10.4. The number of benzene rings is 1. The topological polar surface area (TPSA) is 48.1 Å². The SMILES string of the molecule is Cc1[nH]ccc1C(=O)NCc1ccc(CN2CCCC2)cc1. The zero-order valence-electron chi connectivity index (χ0n) is 13.1. The number of carbonyl (C=O) groups is 1. The average molecular weight is 297 g/mol. The molecule has 1 fully saturated rings. The van der Waals surface area contributed by atoms with Crippen LogP contribution in [0.5, 0.6) is 0 Å². The van der Waals surface area contributed by atoms with Crippen LogP contribution in [0.15, 0.2) is 36.5 Å². The first kappa shape index (κ1) is 14.9. The molecule has 2 N–H and O–H groups in total. The lowest BCUT2D eigenvalue weighted by Crippen LogP contribution is -2.23. The van der Waals surface area contributed by atoms with E-state index in [1.807, 2.05) is 13.0 Å². The zero-order valence-corrected chi connectivity index (χ0v) is 13.1. The third kappa shape index (κ3) is 3.57. The molecule has 0 radical (unpaired) electrons. The van der Waals surface area contributed by atoms with E-state index in [0.29, 0.717) is 12.1 Å². The molecule has 4 nitrogen and oxygen atoms in total. The number of aromatic amines is 1. The maximum atomic E-state index is 12.1. The van der Waals surface area contributed by atoms with Crippen molar-refractivity contribution in [3.05, 3.63) is 58.9 Å². The fourth-order valence-electron chi connectivity index (χ4n) is 2.94. The summed E-state index contributed by atoms with van der Waals surface area (Å²) in [5, 5.41) is 2.97. The van der Waals surface area contributed by atoms with Gasteiger partial charge in [-0.1, -0.05) is 24.3 Å². The minimum absolute atomic E-state index is 0.0279. The second-order valence-corrected chi connectivity index (χ2v) is 6.00. The van der Waals surface area contributed by atoms with Crippen LogP contribution in [0.25, 0.3) is 0 Å². The fraction of sp³-hybridized carbons (Fsp3) is 0.389. The standard InChI is InChI=1S/C18H23N3O/c1-14-17(8-9-19-14)18(22)20-12-15-4-6-16(7-5-15)13-21-10-2-3-11-21/h4-9,19H,2-3,10-13H2,1H3,(H,20,22). The lowest BCUT2D eigenvalue weighted by atomic mass is 10.1. The molecule has 0 unspecified atom stereocenters. The highest BCUT2D eigenvalue weighted by atomic mass is 16.1. The molecular formula is C18H23N3O. The van der Waals surface area contributed by atoms with E-state index in [2.05, 4.69) is 39.5 Å². The van der Waals surface area contributed by atoms with Gasteiger partial charge in [0.05, 0.1) is 5.56 Å². The van der Waals surface area contributed by atoms with Gasteiger partial charge in [0.2, 0.25) is 0 Å². The molecule has 0 atom stereocenters. The maximum Gasteiger partial charge on any atom is 0.253 e. The quantitative estimate of drug-likeness (QED) is 0.891. The number of hydrogen-bond donors (Lipinski definition) is 2. The highest BCUT2D eigenvalue weighted by molar-refractivity contribution is 5.95. The number of nitrogens with zero attached hydrogens (tertiary/aromatic N) is 1. The van der Waals surface area contributed by atoms with Gasteiger partial charge in [0.15, 0.2) is 0 Å². The Labute approximate surface area is 131 Å². The van der Waals surface area contributed by atoms with Crippen LogP contribution in [0.1, 0.15) is 40.0 Å². The minimum atomic E-state index is -0.0279. The second kappa shape index (κ2) is 6.79. The van der Waals surface area contributed by atoms with Gasteiger partial charge in [-0.25, -0.2) is 0 Å². The molecule has 1 amide bonds. The maximum absolute atomic E-state index is 12.1.